The van der Waals surface area contributed by atoms with Gasteiger partial charge in [0, 0.05) is 24.6 Å². The van der Waals surface area contributed by atoms with Gasteiger partial charge in [0.2, 0.25) is 5.15 Å². The van der Waals surface area contributed by atoms with Gasteiger partial charge in [0.15, 0.2) is 0 Å². The van der Waals surface area contributed by atoms with E-state index in [1.165, 1.54) is 12.3 Å². The van der Waals surface area contributed by atoms with Crippen LogP contribution >= 0.6 is 11.6 Å². The van der Waals surface area contributed by atoms with Crippen LogP contribution in [-0.2, 0) is 6.54 Å². The molecule has 1 atom stereocenters. The maximum atomic E-state index is 12.1. The zero-order valence-electron chi connectivity index (χ0n) is 11.1. The third kappa shape index (κ3) is 3.54. The highest BCUT2D eigenvalue weighted by Crippen LogP contribution is 2.25. The molecule has 0 saturated carbocycles. The minimum absolute atomic E-state index is 0.118. The van der Waals surface area contributed by atoms with Crippen molar-refractivity contribution >= 4 is 23.2 Å². The van der Waals surface area contributed by atoms with Crippen LogP contribution in [0.3, 0.4) is 0 Å². The van der Waals surface area contributed by atoms with Crippen molar-refractivity contribution < 1.29 is 9.72 Å². The molecule has 0 radical (unpaired) electrons. The minimum atomic E-state index is -0.720. The topological polar surface area (TPSA) is 103 Å². The fourth-order valence-electron chi connectivity index (χ4n) is 1.82. The molecule has 110 valence electrons. The molecule has 0 aliphatic heterocycles. The molecule has 2 heterocycles. The minimum Gasteiger partial charge on any atom is -0.347 e. The lowest BCUT2D eigenvalue weighted by molar-refractivity contribution is -0.385. The summed E-state index contributed by atoms with van der Waals surface area (Å²) in [4.78, 5) is 26.0. The van der Waals surface area contributed by atoms with E-state index in [2.05, 4.69) is 15.4 Å². The highest BCUT2D eigenvalue weighted by atomic mass is 35.5. The molecule has 0 aliphatic carbocycles. The van der Waals surface area contributed by atoms with Crippen LogP contribution in [0.1, 0.15) is 17.3 Å². The summed E-state index contributed by atoms with van der Waals surface area (Å²) in [6.45, 7) is 2.22. The molecule has 2 aromatic heterocycles. The number of hydrogen-bond acceptors (Lipinski definition) is 5. The summed E-state index contributed by atoms with van der Waals surface area (Å²) >= 11 is 5.67. The van der Waals surface area contributed by atoms with Crippen molar-refractivity contribution in [1.82, 2.24) is 20.1 Å². The lowest BCUT2D eigenvalue weighted by atomic mass is 10.2. The number of pyridine rings is 1. The van der Waals surface area contributed by atoms with Crippen molar-refractivity contribution in [2.45, 2.75) is 19.5 Å². The van der Waals surface area contributed by atoms with E-state index in [9.17, 15) is 14.9 Å². The van der Waals surface area contributed by atoms with Gasteiger partial charge in [-0.3, -0.25) is 19.6 Å². The second-order valence-electron chi connectivity index (χ2n) is 4.36. The van der Waals surface area contributed by atoms with Crippen LogP contribution in [0.2, 0.25) is 5.15 Å². The second-order valence-corrected chi connectivity index (χ2v) is 4.72. The zero-order valence-corrected chi connectivity index (χ0v) is 11.8. The fourth-order valence-corrected chi connectivity index (χ4v) is 2.05. The third-order valence-electron chi connectivity index (χ3n) is 2.70. The number of rotatable bonds is 5. The van der Waals surface area contributed by atoms with Crippen LogP contribution < -0.4 is 5.32 Å². The van der Waals surface area contributed by atoms with Crippen LogP contribution in [0.25, 0.3) is 0 Å². The standard InChI is InChI=1S/C12H12ClN5O3/c1-8(7-17-6-2-4-15-17)16-12(19)9-3-5-14-11(13)10(9)18(20)21/h2-6,8H,7H2,1H3,(H,16,19). The van der Waals surface area contributed by atoms with Gasteiger partial charge in [0.25, 0.3) is 5.91 Å². The first kappa shape index (κ1) is 14.9. The van der Waals surface area contributed by atoms with E-state index >= 15 is 0 Å². The molecule has 0 saturated heterocycles. The Morgan fingerprint density at radius 1 is 1.57 bits per heavy atom. The van der Waals surface area contributed by atoms with Crippen molar-refractivity contribution in [1.29, 1.82) is 0 Å². The maximum Gasteiger partial charge on any atom is 0.319 e. The van der Waals surface area contributed by atoms with Crippen molar-refractivity contribution in [2.75, 3.05) is 0 Å². The van der Waals surface area contributed by atoms with Crippen molar-refractivity contribution in [3.63, 3.8) is 0 Å². The lowest BCUT2D eigenvalue weighted by Crippen LogP contribution is -2.36. The largest absolute Gasteiger partial charge is 0.347 e. The first-order valence-electron chi connectivity index (χ1n) is 6.06. The molecule has 8 nitrogen and oxygen atoms in total. The molecule has 0 fully saturated rings. The molecule has 0 bridgehead atoms. The van der Waals surface area contributed by atoms with Crippen molar-refractivity contribution in [3.05, 3.63) is 51.6 Å². The number of carbonyl (C=O) groups excluding carboxylic acids is 1. The number of amides is 1. The van der Waals surface area contributed by atoms with Crippen molar-refractivity contribution in [2.24, 2.45) is 0 Å². The predicted molar refractivity (Wildman–Crippen MR) is 75.1 cm³/mol. The summed E-state index contributed by atoms with van der Waals surface area (Å²) < 4.78 is 1.65. The Labute approximate surface area is 124 Å². The number of halogens is 1. The Balaban J connectivity index is 2.13. The van der Waals surface area contributed by atoms with Gasteiger partial charge in [-0.25, -0.2) is 4.98 Å². The zero-order chi connectivity index (χ0) is 15.4. The molecule has 9 heteroatoms. The maximum absolute atomic E-state index is 12.1. The van der Waals surface area contributed by atoms with Crippen LogP contribution in [0, 0.1) is 10.1 Å². The highest BCUT2D eigenvalue weighted by Gasteiger charge is 2.25. The normalized spacial score (nSPS) is 11.9. The summed E-state index contributed by atoms with van der Waals surface area (Å²) in [5.74, 6) is -0.578. The number of carbonyl (C=O) groups is 1. The number of nitrogens with zero attached hydrogens (tertiary/aromatic N) is 4. The van der Waals surface area contributed by atoms with Crippen LogP contribution in [0.4, 0.5) is 5.69 Å². The first-order valence-corrected chi connectivity index (χ1v) is 6.44. The van der Waals surface area contributed by atoms with E-state index in [0.717, 1.165) is 0 Å². The van der Waals surface area contributed by atoms with E-state index in [4.69, 9.17) is 11.6 Å². The Hall–Kier alpha value is -2.48. The Morgan fingerprint density at radius 3 is 2.95 bits per heavy atom. The van der Waals surface area contributed by atoms with Gasteiger partial charge >= 0.3 is 5.69 Å². The molecule has 2 aromatic rings. The Morgan fingerprint density at radius 2 is 2.33 bits per heavy atom. The van der Waals surface area contributed by atoms with Crippen LogP contribution in [0.15, 0.2) is 30.7 Å². The number of hydrogen-bond donors (Lipinski definition) is 1. The van der Waals surface area contributed by atoms with Gasteiger partial charge < -0.3 is 5.32 Å². The average molecular weight is 310 g/mol. The summed E-state index contributed by atoms with van der Waals surface area (Å²) in [5.41, 5.74) is -0.615. The summed E-state index contributed by atoms with van der Waals surface area (Å²) in [6, 6.07) is 2.77. The molecule has 21 heavy (non-hydrogen) atoms. The van der Waals surface area contributed by atoms with E-state index < -0.39 is 16.5 Å². The average Bonchev–Trinajstić information content (AvgIpc) is 2.90. The van der Waals surface area contributed by atoms with E-state index in [1.54, 1.807) is 30.1 Å². The molecular formula is C12H12ClN5O3. The van der Waals surface area contributed by atoms with Gasteiger partial charge in [0.1, 0.15) is 5.56 Å². The van der Waals surface area contributed by atoms with Gasteiger partial charge in [-0.15, -0.1) is 0 Å². The lowest BCUT2D eigenvalue weighted by Gasteiger charge is -2.14. The van der Waals surface area contributed by atoms with Gasteiger partial charge in [0.05, 0.1) is 11.5 Å². The quantitative estimate of drug-likeness (QED) is 0.514. The summed E-state index contributed by atoms with van der Waals surface area (Å²) in [6.07, 6.45) is 4.64. The molecule has 0 spiro atoms. The van der Waals surface area contributed by atoms with Gasteiger partial charge in [-0.1, -0.05) is 11.6 Å². The van der Waals surface area contributed by atoms with E-state index in [1.807, 2.05) is 0 Å². The van der Waals surface area contributed by atoms with E-state index in [0.29, 0.717) is 6.54 Å². The molecular weight excluding hydrogens is 298 g/mol. The van der Waals surface area contributed by atoms with Crippen LogP contribution in [-0.4, -0.2) is 31.6 Å². The Kier molecular flexibility index (Phi) is 4.49. The van der Waals surface area contributed by atoms with Gasteiger partial charge in [-0.2, -0.15) is 5.10 Å². The predicted octanol–water partition coefficient (Wildman–Crippen LogP) is 1.66. The first-order chi connectivity index (χ1) is 9.99. The number of aromatic nitrogens is 3. The van der Waals surface area contributed by atoms with Gasteiger partial charge in [-0.05, 0) is 19.1 Å². The number of nitro groups is 1. The molecule has 1 unspecified atom stereocenters. The summed E-state index contributed by atoms with van der Waals surface area (Å²) in [5, 5.41) is 17.4. The SMILES string of the molecule is CC(Cn1cccn1)NC(=O)c1ccnc(Cl)c1[N+](=O)[O-]. The molecule has 0 aliphatic rings. The summed E-state index contributed by atoms with van der Waals surface area (Å²) in [7, 11) is 0. The molecule has 2 rings (SSSR count). The Bertz CT molecular complexity index is 659. The third-order valence-corrected chi connectivity index (χ3v) is 2.98. The molecule has 1 amide bonds. The van der Waals surface area contributed by atoms with Crippen molar-refractivity contribution in [3.8, 4) is 0 Å². The highest BCUT2D eigenvalue weighted by molar-refractivity contribution is 6.32. The van der Waals surface area contributed by atoms with E-state index in [-0.39, 0.29) is 16.8 Å². The molecule has 1 N–H and O–H groups in total. The monoisotopic (exact) mass is 309 g/mol. The number of nitrogens with one attached hydrogen (secondary N) is 1. The molecule has 0 aromatic carbocycles. The fraction of sp³-hybridized carbons (Fsp3) is 0.250. The smallest absolute Gasteiger partial charge is 0.319 e. The van der Waals surface area contributed by atoms with Crippen LogP contribution in [0.5, 0.6) is 0 Å². The second kappa shape index (κ2) is 6.31.